The van der Waals surface area contributed by atoms with E-state index in [1.807, 2.05) is 0 Å². The highest BCUT2D eigenvalue weighted by atomic mass is 32.1. The summed E-state index contributed by atoms with van der Waals surface area (Å²) in [5.41, 5.74) is 0.530. The molecule has 1 fully saturated rings. The lowest BCUT2D eigenvalue weighted by Gasteiger charge is -2.18. The minimum Gasteiger partial charge on any atom is -0.296 e. The van der Waals surface area contributed by atoms with Gasteiger partial charge in [0.15, 0.2) is 0 Å². The molecule has 1 amide bonds. The Morgan fingerprint density at radius 1 is 1.25 bits per heavy atom. The number of nitrogens with zero attached hydrogens (tertiary/aromatic N) is 3. The van der Waals surface area contributed by atoms with Crippen LogP contribution in [0.4, 0.5) is 5.13 Å². The Hall–Kier alpha value is -1.82. The summed E-state index contributed by atoms with van der Waals surface area (Å²) >= 11 is 1.49. The molecule has 104 valence electrons. The van der Waals surface area contributed by atoms with E-state index in [-0.39, 0.29) is 5.91 Å². The molecule has 1 aliphatic rings. The number of hydrogen-bond donors (Lipinski definition) is 1. The summed E-state index contributed by atoms with van der Waals surface area (Å²) in [6, 6.07) is 3.47. The average Bonchev–Trinajstić information content (AvgIpc) is 2.97. The lowest BCUT2D eigenvalue weighted by molar-refractivity contribution is 0.102. The topological polar surface area (TPSA) is 67.8 Å². The zero-order valence-electron chi connectivity index (χ0n) is 11.1. The number of pyridine rings is 1. The third kappa shape index (κ3) is 3.01. The van der Waals surface area contributed by atoms with Crippen LogP contribution in [0, 0.1) is 0 Å². The molecule has 6 heteroatoms. The molecule has 0 spiro atoms. The van der Waals surface area contributed by atoms with Crippen molar-refractivity contribution < 1.29 is 4.79 Å². The van der Waals surface area contributed by atoms with Gasteiger partial charge in [-0.25, -0.2) is 0 Å². The van der Waals surface area contributed by atoms with Crippen molar-refractivity contribution in [3.8, 4) is 0 Å². The van der Waals surface area contributed by atoms with E-state index in [9.17, 15) is 4.79 Å². The third-order valence-corrected chi connectivity index (χ3v) is 4.54. The van der Waals surface area contributed by atoms with E-state index in [2.05, 4.69) is 20.5 Å². The highest BCUT2D eigenvalue weighted by Crippen LogP contribution is 2.35. The fourth-order valence-electron chi connectivity index (χ4n) is 2.47. The van der Waals surface area contributed by atoms with Gasteiger partial charge in [0.1, 0.15) is 5.01 Å². The van der Waals surface area contributed by atoms with Crippen LogP contribution in [0.2, 0.25) is 0 Å². The second-order valence-electron chi connectivity index (χ2n) is 4.98. The first-order valence-corrected chi connectivity index (χ1v) is 7.69. The van der Waals surface area contributed by atoms with Gasteiger partial charge in [-0.05, 0) is 25.0 Å². The first-order valence-electron chi connectivity index (χ1n) is 6.88. The molecule has 0 bridgehead atoms. The first-order chi connectivity index (χ1) is 9.83. The van der Waals surface area contributed by atoms with Gasteiger partial charge in [-0.2, -0.15) is 0 Å². The summed E-state index contributed by atoms with van der Waals surface area (Å²) in [5, 5.41) is 12.7. The fraction of sp³-hybridized carbons (Fsp3) is 0.429. The quantitative estimate of drug-likeness (QED) is 0.941. The summed E-state index contributed by atoms with van der Waals surface area (Å²) in [5.74, 6) is 0.328. The van der Waals surface area contributed by atoms with Gasteiger partial charge in [0.25, 0.3) is 5.91 Å². The number of amides is 1. The molecule has 1 N–H and O–H groups in total. The van der Waals surface area contributed by atoms with Gasteiger partial charge in [-0.3, -0.25) is 15.1 Å². The van der Waals surface area contributed by atoms with Gasteiger partial charge in [0.05, 0.1) is 5.56 Å². The number of hydrogen-bond acceptors (Lipinski definition) is 5. The first kappa shape index (κ1) is 13.2. The molecule has 0 atom stereocenters. The summed E-state index contributed by atoms with van der Waals surface area (Å²) in [4.78, 5) is 15.9. The number of aromatic nitrogens is 3. The molecule has 1 aliphatic carbocycles. The second-order valence-corrected chi connectivity index (χ2v) is 5.99. The Bertz CT molecular complexity index is 578. The summed E-state index contributed by atoms with van der Waals surface area (Å²) in [6.07, 6.45) is 9.40. The zero-order chi connectivity index (χ0) is 13.8. The maximum Gasteiger partial charge on any atom is 0.259 e. The standard InChI is InChI=1S/C14H16N4OS/c19-12(11-7-4-8-15-9-11)16-14-18-17-13(20-14)10-5-2-1-3-6-10/h4,7-10H,1-3,5-6H2,(H,16,18,19). The van der Waals surface area contributed by atoms with Crippen LogP contribution in [0.5, 0.6) is 0 Å². The minimum absolute atomic E-state index is 0.190. The molecule has 3 rings (SSSR count). The SMILES string of the molecule is O=C(Nc1nnc(C2CCCCC2)s1)c1cccnc1. The van der Waals surface area contributed by atoms with Crippen molar-refractivity contribution in [2.45, 2.75) is 38.0 Å². The number of carbonyl (C=O) groups is 1. The minimum atomic E-state index is -0.190. The van der Waals surface area contributed by atoms with Crippen molar-refractivity contribution in [1.29, 1.82) is 0 Å². The maximum atomic E-state index is 12.0. The smallest absolute Gasteiger partial charge is 0.259 e. The molecular weight excluding hydrogens is 272 g/mol. The van der Waals surface area contributed by atoms with Crippen LogP contribution >= 0.6 is 11.3 Å². The third-order valence-electron chi connectivity index (χ3n) is 3.54. The molecule has 0 aromatic carbocycles. The van der Waals surface area contributed by atoms with Crippen LogP contribution in [0.3, 0.4) is 0 Å². The highest BCUT2D eigenvalue weighted by Gasteiger charge is 2.20. The van der Waals surface area contributed by atoms with Crippen LogP contribution in [0.1, 0.15) is 53.4 Å². The Morgan fingerprint density at radius 3 is 2.85 bits per heavy atom. The number of anilines is 1. The van der Waals surface area contributed by atoms with E-state index >= 15 is 0 Å². The predicted molar refractivity (Wildman–Crippen MR) is 77.9 cm³/mol. The van der Waals surface area contributed by atoms with E-state index < -0.39 is 0 Å². The highest BCUT2D eigenvalue weighted by molar-refractivity contribution is 7.15. The molecular formula is C14H16N4OS. The van der Waals surface area contributed by atoms with E-state index in [1.54, 1.807) is 24.5 Å². The normalized spacial score (nSPS) is 16.0. The van der Waals surface area contributed by atoms with Crippen molar-refractivity contribution in [1.82, 2.24) is 15.2 Å². The molecule has 0 unspecified atom stereocenters. The molecule has 1 saturated carbocycles. The van der Waals surface area contributed by atoms with Crippen molar-refractivity contribution >= 4 is 22.4 Å². The van der Waals surface area contributed by atoms with Gasteiger partial charge in [-0.1, -0.05) is 30.6 Å². The Morgan fingerprint density at radius 2 is 2.10 bits per heavy atom. The Balaban J connectivity index is 1.66. The summed E-state index contributed by atoms with van der Waals surface area (Å²) in [6.45, 7) is 0. The van der Waals surface area contributed by atoms with Gasteiger partial charge in [0, 0.05) is 18.3 Å². The molecule has 0 saturated heterocycles. The molecule has 2 aromatic heterocycles. The van der Waals surface area contributed by atoms with Crippen LogP contribution < -0.4 is 5.32 Å². The van der Waals surface area contributed by atoms with Gasteiger partial charge >= 0.3 is 0 Å². The predicted octanol–water partition coefficient (Wildman–Crippen LogP) is 3.23. The molecule has 2 heterocycles. The van der Waals surface area contributed by atoms with Crippen LogP contribution in [-0.4, -0.2) is 21.1 Å². The number of rotatable bonds is 3. The van der Waals surface area contributed by atoms with Crippen molar-refractivity contribution in [2.75, 3.05) is 5.32 Å². The van der Waals surface area contributed by atoms with E-state index in [1.165, 1.54) is 43.4 Å². The average molecular weight is 288 g/mol. The lowest BCUT2D eigenvalue weighted by Crippen LogP contribution is -2.11. The monoisotopic (exact) mass is 288 g/mol. The molecule has 0 aliphatic heterocycles. The molecule has 20 heavy (non-hydrogen) atoms. The molecule has 5 nitrogen and oxygen atoms in total. The molecule has 2 aromatic rings. The zero-order valence-corrected chi connectivity index (χ0v) is 11.9. The van der Waals surface area contributed by atoms with Crippen LogP contribution in [0.15, 0.2) is 24.5 Å². The van der Waals surface area contributed by atoms with Crippen molar-refractivity contribution in [3.63, 3.8) is 0 Å². The Kier molecular flexibility index (Phi) is 4.01. The second kappa shape index (κ2) is 6.09. The van der Waals surface area contributed by atoms with E-state index in [0.29, 0.717) is 16.6 Å². The van der Waals surface area contributed by atoms with Crippen LogP contribution in [0.25, 0.3) is 0 Å². The summed E-state index contributed by atoms with van der Waals surface area (Å²) < 4.78 is 0. The van der Waals surface area contributed by atoms with Gasteiger partial charge < -0.3 is 0 Å². The van der Waals surface area contributed by atoms with Crippen molar-refractivity contribution in [2.24, 2.45) is 0 Å². The molecule has 0 radical (unpaired) electrons. The number of nitrogens with one attached hydrogen (secondary N) is 1. The van der Waals surface area contributed by atoms with Gasteiger partial charge in [-0.15, -0.1) is 10.2 Å². The van der Waals surface area contributed by atoms with Crippen molar-refractivity contribution in [3.05, 3.63) is 35.1 Å². The van der Waals surface area contributed by atoms with E-state index in [0.717, 1.165) is 5.01 Å². The lowest BCUT2D eigenvalue weighted by atomic mass is 9.90. The van der Waals surface area contributed by atoms with Crippen LogP contribution in [-0.2, 0) is 0 Å². The van der Waals surface area contributed by atoms with E-state index in [4.69, 9.17) is 0 Å². The largest absolute Gasteiger partial charge is 0.296 e. The number of carbonyl (C=O) groups excluding carboxylic acids is 1. The van der Waals surface area contributed by atoms with Gasteiger partial charge in [0.2, 0.25) is 5.13 Å². The fourth-order valence-corrected chi connectivity index (χ4v) is 3.37. The summed E-state index contributed by atoms with van der Waals surface area (Å²) in [7, 11) is 0. The maximum absolute atomic E-state index is 12.0. The Labute approximate surface area is 121 Å².